The summed E-state index contributed by atoms with van der Waals surface area (Å²) in [5.74, 6) is 1.02. The fourth-order valence-corrected chi connectivity index (χ4v) is 2.48. The van der Waals surface area contributed by atoms with Crippen LogP contribution in [-0.4, -0.2) is 32.9 Å². The van der Waals surface area contributed by atoms with E-state index in [1.807, 2.05) is 36.5 Å². The van der Waals surface area contributed by atoms with Crippen LogP contribution in [0.5, 0.6) is 0 Å². The lowest BCUT2D eigenvalue weighted by Crippen LogP contribution is -2.34. The number of urea groups is 1. The van der Waals surface area contributed by atoms with E-state index in [-0.39, 0.29) is 12.3 Å². The van der Waals surface area contributed by atoms with E-state index in [0.29, 0.717) is 23.2 Å². The Balaban J connectivity index is 1.79. The molecular formula is C14H17N5O2S. The van der Waals surface area contributed by atoms with Gasteiger partial charge in [-0.3, -0.25) is 15.2 Å². The molecule has 3 amide bonds. The number of amides is 3. The van der Waals surface area contributed by atoms with Gasteiger partial charge in [0.2, 0.25) is 11.1 Å². The molecular weight excluding hydrogens is 302 g/mol. The van der Waals surface area contributed by atoms with Gasteiger partial charge >= 0.3 is 6.03 Å². The zero-order valence-electron chi connectivity index (χ0n) is 12.1. The molecule has 116 valence electrons. The van der Waals surface area contributed by atoms with Crippen molar-refractivity contribution < 1.29 is 9.59 Å². The van der Waals surface area contributed by atoms with Crippen LogP contribution >= 0.6 is 11.8 Å². The molecule has 22 heavy (non-hydrogen) atoms. The Hall–Kier alpha value is -2.35. The Morgan fingerprint density at radius 3 is 2.73 bits per heavy atom. The first-order chi connectivity index (χ1) is 10.5. The molecule has 0 aliphatic rings. The molecule has 0 aliphatic heterocycles. The minimum Gasteiger partial charge on any atom is -0.351 e. The van der Waals surface area contributed by atoms with Crippen molar-refractivity contribution in [3.63, 3.8) is 0 Å². The number of carbonyl (C=O) groups excluding carboxylic acids is 2. The molecule has 0 saturated heterocycles. The largest absolute Gasteiger partial charge is 0.351 e. The minimum atomic E-state index is -0.825. The second-order valence-corrected chi connectivity index (χ2v) is 5.76. The molecule has 0 saturated carbocycles. The van der Waals surface area contributed by atoms with Crippen LogP contribution in [0.1, 0.15) is 18.4 Å². The van der Waals surface area contributed by atoms with E-state index >= 15 is 0 Å². The number of H-pyrrole nitrogens is 1. The number of nitrogens with one attached hydrogen (secondary N) is 2. The molecule has 0 bridgehead atoms. The van der Waals surface area contributed by atoms with Crippen LogP contribution in [0, 0.1) is 6.92 Å². The molecule has 2 aromatic rings. The van der Waals surface area contributed by atoms with Gasteiger partial charge in [-0.25, -0.2) is 9.78 Å². The summed E-state index contributed by atoms with van der Waals surface area (Å²) in [4.78, 5) is 26.1. The monoisotopic (exact) mass is 319 g/mol. The summed E-state index contributed by atoms with van der Waals surface area (Å²) in [7, 11) is 0. The molecule has 1 aromatic heterocycles. The van der Waals surface area contributed by atoms with E-state index in [2.05, 4.69) is 15.2 Å². The number of benzene rings is 1. The van der Waals surface area contributed by atoms with Crippen molar-refractivity contribution in [3.8, 4) is 11.4 Å². The number of aromatic amines is 1. The van der Waals surface area contributed by atoms with Crippen molar-refractivity contribution in [1.29, 1.82) is 0 Å². The number of rotatable bonds is 6. The van der Waals surface area contributed by atoms with Gasteiger partial charge in [0.15, 0.2) is 5.82 Å². The number of primary amides is 1. The molecule has 1 heterocycles. The van der Waals surface area contributed by atoms with Crippen molar-refractivity contribution >= 4 is 23.7 Å². The predicted octanol–water partition coefficient (Wildman–Crippen LogP) is 1.85. The van der Waals surface area contributed by atoms with E-state index < -0.39 is 6.03 Å². The third-order valence-electron chi connectivity index (χ3n) is 2.83. The number of nitrogens with zero attached hydrogens (tertiary/aromatic N) is 2. The van der Waals surface area contributed by atoms with Crippen molar-refractivity contribution in [1.82, 2.24) is 20.5 Å². The molecule has 2 rings (SSSR count). The molecule has 0 spiro atoms. The Morgan fingerprint density at radius 2 is 2.05 bits per heavy atom. The average molecular weight is 319 g/mol. The number of aryl methyl sites for hydroxylation is 1. The van der Waals surface area contributed by atoms with Gasteiger partial charge in [0.1, 0.15) is 0 Å². The number of nitrogens with two attached hydrogens (primary N) is 1. The summed E-state index contributed by atoms with van der Waals surface area (Å²) >= 11 is 1.45. The Kier molecular flexibility index (Phi) is 5.54. The molecule has 1 aromatic carbocycles. The lowest BCUT2D eigenvalue weighted by Gasteiger charge is -1.99. The average Bonchev–Trinajstić information content (AvgIpc) is 2.92. The molecule has 4 N–H and O–H groups in total. The first kappa shape index (κ1) is 16.0. The second-order valence-electron chi connectivity index (χ2n) is 4.70. The summed E-state index contributed by atoms with van der Waals surface area (Å²) in [5.41, 5.74) is 7.02. The van der Waals surface area contributed by atoms with Gasteiger partial charge in [0.05, 0.1) is 0 Å². The van der Waals surface area contributed by atoms with Crippen LogP contribution in [-0.2, 0) is 4.79 Å². The molecule has 0 atom stereocenters. The van der Waals surface area contributed by atoms with Crippen LogP contribution < -0.4 is 11.1 Å². The van der Waals surface area contributed by atoms with Crippen LogP contribution in [0.3, 0.4) is 0 Å². The van der Waals surface area contributed by atoms with Gasteiger partial charge in [-0.15, -0.1) is 5.10 Å². The van der Waals surface area contributed by atoms with E-state index in [1.165, 1.54) is 17.3 Å². The Bertz CT molecular complexity index is 654. The van der Waals surface area contributed by atoms with Crippen LogP contribution in [0.15, 0.2) is 29.4 Å². The van der Waals surface area contributed by atoms with Crippen LogP contribution in [0.25, 0.3) is 11.4 Å². The second kappa shape index (κ2) is 7.60. The number of aromatic nitrogens is 3. The summed E-state index contributed by atoms with van der Waals surface area (Å²) in [5, 5.41) is 9.68. The first-order valence-electron chi connectivity index (χ1n) is 6.76. The van der Waals surface area contributed by atoms with Crippen LogP contribution in [0.2, 0.25) is 0 Å². The Labute approximate surface area is 132 Å². The highest BCUT2D eigenvalue weighted by Gasteiger charge is 2.07. The normalized spacial score (nSPS) is 10.4. The van der Waals surface area contributed by atoms with Crippen molar-refractivity contribution in [2.24, 2.45) is 5.73 Å². The molecule has 7 nitrogen and oxygen atoms in total. The maximum atomic E-state index is 11.2. The number of imide groups is 1. The standard InChI is InChI=1S/C14H17N5O2S/c1-9-4-6-10(7-5-9)12-17-14(19-18-12)22-8-2-3-11(20)16-13(15)21/h4-7H,2-3,8H2,1H3,(H,17,18,19)(H3,15,16,20,21). The van der Waals surface area contributed by atoms with Gasteiger partial charge in [0.25, 0.3) is 0 Å². The highest BCUT2D eigenvalue weighted by atomic mass is 32.2. The smallest absolute Gasteiger partial charge is 0.318 e. The SMILES string of the molecule is Cc1ccc(-c2nc(SCCCC(=O)NC(N)=O)n[nH]2)cc1. The highest BCUT2D eigenvalue weighted by molar-refractivity contribution is 7.99. The fourth-order valence-electron chi connectivity index (χ4n) is 1.75. The van der Waals surface area contributed by atoms with Gasteiger partial charge in [0, 0.05) is 17.7 Å². The summed E-state index contributed by atoms with van der Waals surface area (Å²) < 4.78 is 0. The molecule has 0 unspecified atom stereocenters. The van der Waals surface area contributed by atoms with E-state index in [0.717, 1.165) is 5.56 Å². The Morgan fingerprint density at radius 1 is 1.32 bits per heavy atom. The number of thioether (sulfide) groups is 1. The fraction of sp³-hybridized carbons (Fsp3) is 0.286. The number of carbonyl (C=O) groups is 2. The lowest BCUT2D eigenvalue weighted by atomic mass is 10.1. The predicted molar refractivity (Wildman–Crippen MR) is 84.2 cm³/mol. The summed E-state index contributed by atoms with van der Waals surface area (Å²) in [6, 6.07) is 7.18. The van der Waals surface area contributed by atoms with E-state index in [9.17, 15) is 9.59 Å². The molecule has 0 fully saturated rings. The number of hydrogen-bond donors (Lipinski definition) is 3. The zero-order chi connectivity index (χ0) is 15.9. The molecule has 0 radical (unpaired) electrons. The first-order valence-corrected chi connectivity index (χ1v) is 7.74. The van der Waals surface area contributed by atoms with Crippen molar-refractivity contribution in [2.45, 2.75) is 24.9 Å². The van der Waals surface area contributed by atoms with Crippen molar-refractivity contribution in [2.75, 3.05) is 5.75 Å². The minimum absolute atomic E-state index is 0.241. The topological polar surface area (TPSA) is 114 Å². The van der Waals surface area contributed by atoms with Gasteiger partial charge < -0.3 is 5.73 Å². The highest BCUT2D eigenvalue weighted by Crippen LogP contribution is 2.20. The quantitative estimate of drug-likeness (QED) is 0.555. The van der Waals surface area contributed by atoms with Crippen molar-refractivity contribution in [3.05, 3.63) is 29.8 Å². The van der Waals surface area contributed by atoms with Gasteiger partial charge in [-0.1, -0.05) is 41.6 Å². The third-order valence-corrected chi connectivity index (χ3v) is 3.77. The third kappa shape index (κ3) is 4.88. The van der Waals surface area contributed by atoms with Gasteiger partial charge in [-0.05, 0) is 13.3 Å². The zero-order valence-corrected chi connectivity index (χ0v) is 12.9. The summed E-state index contributed by atoms with van der Waals surface area (Å²) in [6.45, 7) is 2.03. The molecule has 8 heteroatoms. The van der Waals surface area contributed by atoms with Gasteiger partial charge in [-0.2, -0.15) is 0 Å². The van der Waals surface area contributed by atoms with E-state index in [1.54, 1.807) is 0 Å². The van der Waals surface area contributed by atoms with Crippen LogP contribution in [0.4, 0.5) is 4.79 Å². The summed E-state index contributed by atoms with van der Waals surface area (Å²) in [6.07, 6.45) is 0.851. The number of hydrogen-bond acceptors (Lipinski definition) is 5. The lowest BCUT2D eigenvalue weighted by molar-refractivity contribution is -0.119. The maximum absolute atomic E-state index is 11.2. The molecule has 0 aliphatic carbocycles. The maximum Gasteiger partial charge on any atom is 0.318 e. The van der Waals surface area contributed by atoms with E-state index in [4.69, 9.17) is 5.73 Å².